The lowest BCUT2D eigenvalue weighted by molar-refractivity contribution is 0.295. The van der Waals surface area contributed by atoms with Crippen molar-refractivity contribution in [2.75, 3.05) is 6.61 Å². The minimum atomic E-state index is 0.291. The van der Waals surface area contributed by atoms with E-state index in [1.807, 2.05) is 6.07 Å². The monoisotopic (exact) mass is 224 g/mol. The number of aromatic nitrogens is 1. The van der Waals surface area contributed by atoms with Crippen LogP contribution < -0.4 is 4.74 Å². The molecule has 0 saturated heterocycles. The summed E-state index contributed by atoms with van der Waals surface area (Å²) in [5.41, 5.74) is 0.473. The van der Waals surface area contributed by atoms with E-state index in [4.69, 9.17) is 21.6 Å². The van der Waals surface area contributed by atoms with Crippen molar-refractivity contribution in [2.24, 2.45) is 0 Å². The molecule has 3 nitrogen and oxygen atoms in total. The molecule has 0 aromatic carbocycles. The van der Waals surface area contributed by atoms with Gasteiger partial charge in [-0.3, -0.25) is 0 Å². The van der Waals surface area contributed by atoms with Crippen molar-refractivity contribution in [3.63, 3.8) is 0 Å². The Morgan fingerprint density at radius 1 is 1.47 bits per heavy atom. The van der Waals surface area contributed by atoms with Gasteiger partial charge in [-0.05, 0) is 12.5 Å². The summed E-state index contributed by atoms with van der Waals surface area (Å²) in [4.78, 5) is 3.97. The molecule has 0 aliphatic carbocycles. The summed E-state index contributed by atoms with van der Waals surface area (Å²) in [5, 5.41) is 9.00. The first-order valence-corrected chi connectivity index (χ1v) is 5.34. The van der Waals surface area contributed by atoms with Crippen molar-refractivity contribution < 1.29 is 4.74 Å². The second-order valence-corrected chi connectivity index (χ2v) is 3.57. The molecule has 0 amide bonds. The molecule has 1 rings (SSSR count). The maximum Gasteiger partial charge on any atom is 0.215 e. The van der Waals surface area contributed by atoms with Crippen LogP contribution in [0.4, 0.5) is 0 Å². The fourth-order valence-electron chi connectivity index (χ4n) is 1.14. The molecule has 0 aliphatic heterocycles. The van der Waals surface area contributed by atoms with Gasteiger partial charge < -0.3 is 4.74 Å². The number of hydrogen-bond donors (Lipinski definition) is 0. The molecule has 0 spiro atoms. The average Bonchev–Trinajstić information content (AvgIpc) is 2.23. The Morgan fingerprint density at radius 3 is 2.93 bits per heavy atom. The standard InChI is InChI=1S/C11H13ClN2O/c1-2-3-4-5-15-11-7-9(8-13)6-10(12)14-11/h6-7H,2-5H2,1H3. The number of nitrogens with zero attached hydrogens (tertiary/aromatic N) is 2. The highest BCUT2D eigenvalue weighted by atomic mass is 35.5. The Hall–Kier alpha value is -1.27. The first-order chi connectivity index (χ1) is 7.26. The summed E-state index contributed by atoms with van der Waals surface area (Å²) in [6, 6.07) is 5.11. The van der Waals surface area contributed by atoms with Crippen molar-refractivity contribution in [3.05, 3.63) is 22.8 Å². The van der Waals surface area contributed by atoms with E-state index >= 15 is 0 Å². The highest BCUT2D eigenvalue weighted by Gasteiger charge is 2.01. The molecule has 0 fully saturated rings. The molecule has 0 N–H and O–H groups in total. The van der Waals surface area contributed by atoms with Crippen molar-refractivity contribution >= 4 is 11.6 Å². The Labute approximate surface area is 94.7 Å². The minimum Gasteiger partial charge on any atom is -0.478 e. The number of unbranched alkanes of at least 4 members (excludes halogenated alkanes) is 2. The van der Waals surface area contributed by atoms with E-state index in [0.717, 1.165) is 19.3 Å². The van der Waals surface area contributed by atoms with Crippen LogP contribution in [0, 0.1) is 11.3 Å². The fraction of sp³-hybridized carbons (Fsp3) is 0.455. The van der Waals surface area contributed by atoms with Crippen LogP contribution in [-0.4, -0.2) is 11.6 Å². The van der Waals surface area contributed by atoms with Crippen molar-refractivity contribution in [1.82, 2.24) is 4.98 Å². The summed E-state index contributed by atoms with van der Waals surface area (Å²) >= 11 is 5.73. The highest BCUT2D eigenvalue weighted by molar-refractivity contribution is 6.29. The fourth-order valence-corrected chi connectivity index (χ4v) is 1.34. The molecular formula is C11H13ClN2O. The Bertz CT molecular complexity index is 360. The van der Waals surface area contributed by atoms with Gasteiger partial charge in [0.05, 0.1) is 18.2 Å². The molecule has 80 valence electrons. The molecule has 0 radical (unpaired) electrons. The number of nitriles is 1. The largest absolute Gasteiger partial charge is 0.478 e. The van der Waals surface area contributed by atoms with E-state index in [1.165, 1.54) is 6.07 Å². The lowest BCUT2D eigenvalue weighted by Crippen LogP contribution is -1.99. The lowest BCUT2D eigenvalue weighted by atomic mass is 10.3. The normalized spacial score (nSPS) is 9.67. The van der Waals surface area contributed by atoms with Crippen LogP contribution in [0.1, 0.15) is 31.7 Å². The first-order valence-electron chi connectivity index (χ1n) is 4.96. The van der Waals surface area contributed by atoms with Gasteiger partial charge in [0.2, 0.25) is 5.88 Å². The smallest absolute Gasteiger partial charge is 0.215 e. The zero-order chi connectivity index (χ0) is 11.1. The third-order valence-corrected chi connectivity index (χ3v) is 2.09. The molecule has 0 bridgehead atoms. The molecule has 4 heteroatoms. The molecule has 1 heterocycles. The van der Waals surface area contributed by atoms with Crippen molar-refractivity contribution in [3.8, 4) is 11.9 Å². The average molecular weight is 225 g/mol. The van der Waals surface area contributed by atoms with Gasteiger partial charge in [0.15, 0.2) is 0 Å². The third kappa shape index (κ3) is 4.18. The van der Waals surface area contributed by atoms with Crippen LogP contribution in [0.25, 0.3) is 0 Å². The van der Waals surface area contributed by atoms with Gasteiger partial charge in [-0.2, -0.15) is 5.26 Å². The van der Waals surface area contributed by atoms with Crippen LogP contribution >= 0.6 is 11.6 Å². The quantitative estimate of drug-likeness (QED) is 0.570. The topological polar surface area (TPSA) is 45.9 Å². The second-order valence-electron chi connectivity index (χ2n) is 3.18. The number of pyridine rings is 1. The Morgan fingerprint density at radius 2 is 2.27 bits per heavy atom. The van der Waals surface area contributed by atoms with Crippen LogP contribution in [-0.2, 0) is 0 Å². The lowest BCUT2D eigenvalue weighted by Gasteiger charge is -2.04. The second kappa shape index (κ2) is 6.26. The molecular weight excluding hydrogens is 212 g/mol. The number of halogens is 1. The van der Waals surface area contributed by atoms with Crippen LogP contribution in [0.2, 0.25) is 5.15 Å². The highest BCUT2D eigenvalue weighted by Crippen LogP contribution is 2.15. The molecule has 0 unspecified atom stereocenters. The van der Waals surface area contributed by atoms with Crippen LogP contribution in [0.5, 0.6) is 5.88 Å². The first kappa shape index (κ1) is 11.8. The molecule has 0 atom stereocenters. The zero-order valence-electron chi connectivity index (χ0n) is 8.66. The maximum atomic E-state index is 8.70. The van der Waals surface area contributed by atoms with Gasteiger partial charge >= 0.3 is 0 Å². The Balaban J connectivity index is 2.54. The molecule has 15 heavy (non-hydrogen) atoms. The van der Waals surface area contributed by atoms with Gasteiger partial charge in [-0.15, -0.1) is 0 Å². The summed E-state index contributed by atoms with van der Waals surface area (Å²) < 4.78 is 5.38. The summed E-state index contributed by atoms with van der Waals surface area (Å²) in [5.74, 6) is 0.426. The summed E-state index contributed by atoms with van der Waals surface area (Å²) in [6.07, 6.45) is 3.27. The minimum absolute atomic E-state index is 0.291. The zero-order valence-corrected chi connectivity index (χ0v) is 9.42. The van der Waals surface area contributed by atoms with E-state index in [-0.39, 0.29) is 0 Å². The number of ether oxygens (including phenoxy) is 1. The summed E-state index contributed by atoms with van der Waals surface area (Å²) in [7, 11) is 0. The van der Waals surface area contributed by atoms with E-state index in [2.05, 4.69) is 11.9 Å². The number of hydrogen-bond acceptors (Lipinski definition) is 3. The predicted octanol–water partition coefficient (Wildman–Crippen LogP) is 3.18. The number of rotatable bonds is 5. The maximum absolute atomic E-state index is 8.70. The van der Waals surface area contributed by atoms with Gasteiger partial charge in [-0.25, -0.2) is 4.98 Å². The van der Waals surface area contributed by atoms with Crippen molar-refractivity contribution in [1.29, 1.82) is 5.26 Å². The summed E-state index contributed by atoms with van der Waals surface area (Å²) in [6.45, 7) is 2.75. The molecule has 0 aliphatic rings. The van der Waals surface area contributed by atoms with Gasteiger partial charge in [0.1, 0.15) is 5.15 Å². The molecule has 0 saturated carbocycles. The molecule has 1 aromatic rings. The molecule has 1 aromatic heterocycles. The van der Waals surface area contributed by atoms with Gasteiger partial charge in [-0.1, -0.05) is 31.4 Å². The van der Waals surface area contributed by atoms with Crippen molar-refractivity contribution in [2.45, 2.75) is 26.2 Å². The van der Waals surface area contributed by atoms with E-state index in [9.17, 15) is 0 Å². The van der Waals surface area contributed by atoms with Crippen LogP contribution in [0.15, 0.2) is 12.1 Å². The third-order valence-electron chi connectivity index (χ3n) is 1.90. The van der Waals surface area contributed by atoms with Crippen LogP contribution in [0.3, 0.4) is 0 Å². The van der Waals surface area contributed by atoms with E-state index in [0.29, 0.717) is 23.2 Å². The Kier molecular flexibility index (Phi) is 4.92. The van der Waals surface area contributed by atoms with Gasteiger partial charge in [0, 0.05) is 6.07 Å². The van der Waals surface area contributed by atoms with E-state index in [1.54, 1.807) is 6.07 Å². The SMILES string of the molecule is CCCCCOc1cc(C#N)cc(Cl)n1. The predicted molar refractivity (Wildman–Crippen MR) is 59.0 cm³/mol. The van der Waals surface area contributed by atoms with Gasteiger partial charge in [0.25, 0.3) is 0 Å². The van der Waals surface area contributed by atoms with E-state index < -0.39 is 0 Å².